The Kier molecular flexibility index (Phi) is 5.56. The zero-order chi connectivity index (χ0) is 21.2. The Morgan fingerprint density at radius 1 is 0.935 bits per heavy atom. The van der Waals surface area contributed by atoms with Crippen molar-refractivity contribution in [2.24, 2.45) is 0 Å². The maximum atomic E-state index is 5.17. The van der Waals surface area contributed by atoms with Crippen molar-refractivity contribution >= 4 is 10.9 Å². The first-order valence-corrected chi connectivity index (χ1v) is 11.5. The van der Waals surface area contributed by atoms with Gasteiger partial charge in [0.1, 0.15) is 0 Å². The number of para-hydroxylation sites is 1. The second-order valence-electron chi connectivity index (χ2n) is 8.59. The average Bonchev–Trinajstić information content (AvgIpc) is 3.14. The number of aromatic nitrogens is 3. The lowest BCUT2D eigenvalue weighted by Gasteiger charge is -2.29. The van der Waals surface area contributed by atoms with Gasteiger partial charge in [-0.05, 0) is 50.4 Å². The van der Waals surface area contributed by atoms with E-state index in [0.717, 1.165) is 44.8 Å². The minimum absolute atomic E-state index is 0.824. The van der Waals surface area contributed by atoms with E-state index in [-0.39, 0.29) is 0 Å². The molecule has 31 heavy (non-hydrogen) atoms. The average molecular weight is 411 g/mol. The van der Waals surface area contributed by atoms with Crippen LogP contribution in [-0.2, 0) is 25.8 Å². The first-order chi connectivity index (χ1) is 15.2. The molecule has 2 aromatic heterocycles. The van der Waals surface area contributed by atoms with Gasteiger partial charge in [-0.1, -0.05) is 55.5 Å². The largest absolute Gasteiger partial charge is 0.299 e. The lowest BCUT2D eigenvalue weighted by atomic mass is 9.99. The summed E-state index contributed by atoms with van der Waals surface area (Å²) in [6.07, 6.45) is 4.13. The number of aryl methyl sites for hydroxylation is 3. The number of hydrogen-bond acceptors (Lipinski definition) is 3. The highest BCUT2D eigenvalue weighted by Gasteiger charge is 2.23. The molecule has 0 bridgehead atoms. The molecule has 0 unspecified atom stereocenters. The van der Waals surface area contributed by atoms with E-state index in [9.17, 15) is 0 Å². The molecule has 0 saturated heterocycles. The van der Waals surface area contributed by atoms with Crippen molar-refractivity contribution in [3.8, 4) is 5.95 Å². The standard InChI is InChI=1S/C27H30N4/c1-3-16-30-17-15-25-23(19-30)24(14-13-21-9-5-4-6-10-21)28-27(29-25)31-20(2)18-22-11-7-8-12-26(22)31/h4-12,18H,3,13-17,19H2,1-2H3. The van der Waals surface area contributed by atoms with E-state index in [0.29, 0.717) is 0 Å². The minimum Gasteiger partial charge on any atom is -0.299 e. The second kappa shape index (κ2) is 8.64. The Morgan fingerprint density at radius 2 is 1.74 bits per heavy atom. The van der Waals surface area contributed by atoms with Crippen molar-refractivity contribution in [1.82, 2.24) is 19.4 Å². The van der Waals surface area contributed by atoms with E-state index in [1.54, 1.807) is 0 Å². The maximum absolute atomic E-state index is 5.17. The highest BCUT2D eigenvalue weighted by molar-refractivity contribution is 5.82. The van der Waals surface area contributed by atoms with Crippen molar-refractivity contribution in [3.63, 3.8) is 0 Å². The Bertz CT molecular complexity index is 1190. The van der Waals surface area contributed by atoms with E-state index in [1.165, 1.54) is 45.5 Å². The minimum atomic E-state index is 0.824. The van der Waals surface area contributed by atoms with Crippen LogP contribution in [0.1, 0.15) is 41.6 Å². The summed E-state index contributed by atoms with van der Waals surface area (Å²) in [5.41, 5.74) is 7.52. The molecule has 4 heteroatoms. The van der Waals surface area contributed by atoms with Gasteiger partial charge in [0.05, 0.1) is 16.9 Å². The summed E-state index contributed by atoms with van der Waals surface area (Å²) in [6.45, 7) is 7.60. The van der Waals surface area contributed by atoms with Crippen molar-refractivity contribution in [2.75, 3.05) is 13.1 Å². The van der Waals surface area contributed by atoms with Gasteiger partial charge in [-0.25, -0.2) is 9.97 Å². The van der Waals surface area contributed by atoms with Crippen molar-refractivity contribution < 1.29 is 0 Å². The van der Waals surface area contributed by atoms with Crippen LogP contribution >= 0.6 is 0 Å². The molecule has 0 atom stereocenters. The fourth-order valence-corrected chi connectivity index (χ4v) is 4.80. The highest BCUT2D eigenvalue weighted by Crippen LogP contribution is 2.26. The number of rotatable bonds is 6. The molecule has 1 aliphatic heterocycles. The van der Waals surface area contributed by atoms with Gasteiger partial charge < -0.3 is 0 Å². The molecule has 4 aromatic rings. The van der Waals surface area contributed by atoms with E-state index in [1.807, 2.05) is 0 Å². The number of hydrogen-bond donors (Lipinski definition) is 0. The summed E-state index contributed by atoms with van der Waals surface area (Å²) in [5.74, 6) is 0.824. The van der Waals surface area contributed by atoms with E-state index >= 15 is 0 Å². The molecule has 2 aromatic carbocycles. The number of nitrogens with zero attached hydrogens (tertiary/aromatic N) is 4. The first-order valence-electron chi connectivity index (χ1n) is 11.5. The molecule has 5 rings (SSSR count). The van der Waals surface area contributed by atoms with Crippen LogP contribution in [0.2, 0.25) is 0 Å². The molecule has 0 aliphatic carbocycles. The molecule has 158 valence electrons. The third-order valence-electron chi connectivity index (χ3n) is 6.34. The smallest absolute Gasteiger partial charge is 0.234 e. The fourth-order valence-electron chi connectivity index (χ4n) is 4.80. The lowest BCUT2D eigenvalue weighted by molar-refractivity contribution is 0.250. The van der Waals surface area contributed by atoms with Crippen LogP contribution in [0, 0.1) is 6.92 Å². The molecule has 0 saturated carbocycles. The molecular weight excluding hydrogens is 380 g/mol. The number of fused-ring (bicyclic) bond motifs is 2. The molecular formula is C27H30N4. The molecule has 1 aliphatic rings. The third kappa shape index (κ3) is 4.00. The summed E-state index contributed by atoms with van der Waals surface area (Å²) in [4.78, 5) is 12.8. The summed E-state index contributed by atoms with van der Waals surface area (Å²) >= 11 is 0. The topological polar surface area (TPSA) is 34.0 Å². The monoisotopic (exact) mass is 410 g/mol. The molecule has 0 fully saturated rings. The Hall–Kier alpha value is -2.98. The second-order valence-corrected chi connectivity index (χ2v) is 8.59. The van der Waals surface area contributed by atoms with Crippen LogP contribution < -0.4 is 0 Å². The van der Waals surface area contributed by atoms with Crippen LogP contribution in [0.25, 0.3) is 16.9 Å². The fraction of sp³-hybridized carbons (Fsp3) is 0.333. The number of benzene rings is 2. The van der Waals surface area contributed by atoms with E-state index < -0.39 is 0 Å². The van der Waals surface area contributed by atoms with Gasteiger partial charge in [-0.15, -0.1) is 0 Å². The third-order valence-corrected chi connectivity index (χ3v) is 6.34. The van der Waals surface area contributed by atoms with Crippen molar-refractivity contribution in [1.29, 1.82) is 0 Å². The van der Waals surface area contributed by atoms with Gasteiger partial charge in [-0.2, -0.15) is 0 Å². The summed E-state index contributed by atoms with van der Waals surface area (Å²) in [7, 11) is 0. The summed E-state index contributed by atoms with van der Waals surface area (Å²) in [6, 6.07) is 21.5. The van der Waals surface area contributed by atoms with Gasteiger partial charge in [0.15, 0.2) is 0 Å². The SMILES string of the molecule is CCCN1CCc2nc(-n3c(C)cc4ccccc43)nc(CCc3ccccc3)c2C1. The molecule has 0 radical (unpaired) electrons. The van der Waals surface area contributed by atoms with Gasteiger partial charge >= 0.3 is 0 Å². The van der Waals surface area contributed by atoms with Gasteiger partial charge in [0.2, 0.25) is 5.95 Å². The van der Waals surface area contributed by atoms with E-state index in [2.05, 4.69) is 84.0 Å². The maximum Gasteiger partial charge on any atom is 0.234 e. The summed E-state index contributed by atoms with van der Waals surface area (Å²) in [5, 5.41) is 1.24. The zero-order valence-electron chi connectivity index (χ0n) is 18.5. The van der Waals surface area contributed by atoms with Crippen LogP contribution in [0.3, 0.4) is 0 Å². The quantitative estimate of drug-likeness (QED) is 0.433. The Balaban J connectivity index is 1.58. The molecule has 0 N–H and O–H groups in total. The highest BCUT2D eigenvalue weighted by atomic mass is 15.2. The predicted molar refractivity (Wildman–Crippen MR) is 127 cm³/mol. The Morgan fingerprint density at radius 3 is 2.58 bits per heavy atom. The van der Waals surface area contributed by atoms with Gasteiger partial charge in [0.25, 0.3) is 0 Å². The van der Waals surface area contributed by atoms with Crippen LogP contribution in [0.5, 0.6) is 0 Å². The van der Waals surface area contributed by atoms with Crippen LogP contribution in [-0.4, -0.2) is 32.5 Å². The predicted octanol–water partition coefficient (Wildman–Crippen LogP) is 5.28. The molecule has 0 amide bonds. The van der Waals surface area contributed by atoms with Crippen molar-refractivity contribution in [3.05, 3.63) is 88.9 Å². The van der Waals surface area contributed by atoms with Crippen LogP contribution in [0.4, 0.5) is 0 Å². The lowest BCUT2D eigenvalue weighted by Crippen LogP contribution is -2.33. The van der Waals surface area contributed by atoms with E-state index in [4.69, 9.17) is 9.97 Å². The molecule has 3 heterocycles. The zero-order valence-corrected chi connectivity index (χ0v) is 18.5. The summed E-state index contributed by atoms with van der Waals surface area (Å²) < 4.78 is 2.22. The molecule has 4 nitrogen and oxygen atoms in total. The Labute approximate surface area is 184 Å². The van der Waals surface area contributed by atoms with Gasteiger partial charge in [0, 0.05) is 36.2 Å². The van der Waals surface area contributed by atoms with Crippen LogP contribution in [0.15, 0.2) is 60.7 Å². The molecule has 0 spiro atoms. The normalized spacial score (nSPS) is 14.1. The van der Waals surface area contributed by atoms with Crippen molar-refractivity contribution in [2.45, 2.75) is 46.1 Å². The van der Waals surface area contributed by atoms with Gasteiger partial charge in [-0.3, -0.25) is 9.47 Å². The first kappa shape index (κ1) is 20.0.